The number of rotatable bonds is 8. The highest BCUT2D eigenvalue weighted by molar-refractivity contribution is 6.03. The molecule has 0 bridgehead atoms. The number of phenolic OH excluding ortho intramolecular Hbond substituents is 2. The van der Waals surface area contributed by atoms with Gasteiger partial charge >= 0.3 is 18.2 Å². The number of imide groups is 1. The van der Waals surface area contributed by atoms with E-state index < -0.39 is 42.1 Å². The Hall–Kier alpha value is -5.23. The predicted molar refractivity (Wildman–Crippen MR) is 160 cm³/mol. The Balaban J connectivity index is 0.000000804. The molecule has 2 heterocycles. The van der Waals surface area contributed by atoms with E-state index in [4.69, 9.17) is 20.4 Å². The summed E-state index contributed by atoms with van der Waals surface area (Å²) in [6, 6.07) is 11.1. The molecule has 1 aromatic heterocycles. The topological polar surface area (TPSA) is 213 Å². The number of carbonyl (C=O) groups is 4. The van der Waals surface area contributed by atoms with Gasteiger partial charge in [-0.1, -0.05) is 24.3 Å². The zero-order chi connectivity index (χ0) is 35.8. The molecule has 0 aliphatic carbocycles. The summed E-state index contributed by atoms with van der Waals surface area (Å²) in [7, 11) is 4.76. The maximum atomic E-state index is 13.8. The summed E-state index contributed by atoms with van der Waals surface area (Å²) < 4.78 is 38.1. The fourth-order valence-electron chi connectivity index (χ4n) is 5.31. The minimum absolute atomic E-state index is 0.0341. The fraction of sp³-hybridized carbons (Fsp3) is 0.400. The molecule has 4 rings (SSSR count). The van der Waals surface area contributed by atoms with Crippen molar-refractivity contribution in [3.63, 3.8) is 0 Å². The van der Waals surface area contributed by atoms with E-state index >= 15 is 0 Å². The molecule has 3 amide bonds. The monoisotopic (exact) mass is 679 g/mol. The van der Waals surface area contributed by atoms with E-state index in [-0.39, 0.29) is 29.7 Å². The van der Waals surface area contributed by atoms with Gasteiger partial charge in [-0.3, -0.25) is 19.6 Å². The minimum atomic E-state index is -5.19. The number of carboxylic acid groups (broad SMARTS) is 1. The molecule has 48 heavy (non-hydrogen) atoms. The molecule has 1 aliphatic heterocycles. The fourth-order valence-corrected chi connectivity index (χ4v) is 5.31. The number of nitrogens with two attached hydrogens (primary N) is 1. The van der Waals surface area contributed by atoms with Crippen molar-refractivity contribution in [2.24, 2.45) is 12.8 Å². The Morgan fingerprint density at radius 1 is 1.12 bits per heavy atom. The smallest absolute Gasteiger partial charge is 0.430 e. The lowest BCUT2D eigenvalue weighted by Crippen LogP contribution is -2.62. The maximum Gasteiger partial charge on any atom is 0.430 e. The number of alkyl halides is 3. The minimum Gasteiger partial charge on any atom is -0.542 e. The number of likely N-dealkylation sites (tertiary alicyclic amines) is 1. The van der Waals surface area contributed by atoms with Crippen molar-refractivity contribution < 1.29 is 56.9 Å². The highest BCUT2D eigenvalue weighted by atomic mass is 19.4. The van der Waals surface area contributed by atoms with Crippen molar-refractivity contribution in [3.05, 3.63) is 65.5 Å². The number of hydrogen-bond donors (Lipinski definition) is 4. The SMILES string of the molecule is COC(=O)c1nnc(NC(=O)N(C(=O)[C@@H](N)Cc2ccc(O)cc2)[C@H]2CCC[N+](C)(Cc3cccc(O)c3)C2)n1C.O=C([O-])C(F)(F)F. The lowest BCUT2D eigenvalue weighted by molar-refractivity contribution is -0.928. The second-order valence-electron chi connectivity index (χ2n) is 11.4. The van der Waals surface area contributed by atoms with E-state index in [0.29, 0.717) is 24.0 Å². The average molecular weight is 680 g/mol. The number of aromatic hydroxyl groups is 2. The van der Waals surface area contributed by atoms with Gasteiger partial charge in [0.15, 0.2) is 0 Å². The van der Waals surface area contributed by atoms with Gasteiger partial charge in [-0.2, -0.15) is 13.2 Å². The van der Waals surface area contributed by atoms with Gasteiger partial charge in [0.25, 0.3) is 0 Å². The summed E-state index contributed by atoms with van der Waals surface area (Å²) >= 11 is 0. The number of nitrogens with one attached hydrogen (secondary N) is 1. The number of likely N-dealkylation sites (N-methyl/N-ethyl adjacent to an activating group) is 1. The molecule has 3 aromatic rings. The number of methoxy groups -OCH3 is 1. The number of piperidine rings is 1. The lowest BCUT2D eigenvalue weighted by atomic mass is 9.98. The normalized spacial score (nSPS) is 18.1. The van der Waals surface area contributed by atoms with E-state index in [1.54, 1.807) is 30.3 Å². The molecule has 2 aromatic carbocycles. The molecule has 260 valence electrons. The standard InChI is InChI=1S/C28H35N7O6.C2HF3O2/c1-33-24(26(39)41-3)31-32-27(33)30-28(40)34(25(38)23(29)15-18-9-11-21(36)12-10-18)20-7-5-13-35(2,17-20)16-19-6-4-8-22(37)14-19;3-2(4,5)1(6)7/h4,6,8-12,14,20,23H,5,7,13,15-17,29H2,1-3H3,(H2-,30,32,36,37,39,40);(H,6,7)/t20-,23-,35?;/m0./s1. The number of ether oxygens (including phenoxy) is 1. The summed E-state index contributed by atoms with van der Waals surface area (Å²) in [5, 5.41) is 38.6. The van der Waals surface area contributed by atoms with Gasteiger partial charge < -0.3 is 35.1 Å². The number of benzene rings is 2. The van der Waals surface area contributed by atoms with Gasteiger partial charge in [-0.25, -0.2) is 9.59 Å². The van der Waals surface area contributed by atoms with Crippen molar-refractivity contribution in [3.8, 4) is 11.5 Å². The molecule has 1 aliphatic rings. The second-order valence-corrected chi connectivity index (χ2v) is 11.4. The van der Waals surface area contributed by atoms with Gasteiger partial charge in [0.1, 0.15) is 30.6 Å². The number of phenols is 2. The van der Waals surface area contributed by atoms with Crippen LogP contribution in [0.15, 0.2) is 48.5 Å². The van der Waals surface area contributed by atoms with Crippen LogP contribution in [0.4, 0.5) is 23.9 Å². The van der Waals surface area contributed by atoms with Crippen LogP contribution in [0.5, 0.6) is 11.5 Å². The van der Waals surface area contributed by atoms with Gasteiger partial charge in [0.2, 0.25) is 17.7 Å². The number of carbonyl (C=O) groups excluding carboxylic acids is 4. The van der Waals surface area contributed by atoms with Crippen LogP contribution in [0.25, 0.3) is 0 Å². The highest BCUT2D eigenvalue weighted by Gasteiger charge is 2.41. The Kier molecular flexibility index (Phi) is 12.1. The van der Waals surface area contributed by atoms with Crippen molar-refractivity contribution >= 4 is 29.8 Å². The van der Waals surface area contributed by atoms with Crippen LogP contribution in [0, 0.1) is 0 Å². The maximum absolute atomic E-state index is 13.8. The predicted octanol–water partition coefficient (Wildman–Crippen LogP) is 1.05. The Bertz CT molecular complexity index is 1620. The number of aromatic nitrogens is 3. The number of esters is 1. The third-order valence-corrected chi connectivity index (χ3v) is 7.59. The number of nitrogens with zero attached hydrogens (tertiary/aromatic N) is 5. The first-order valence-electron chi connectivity index (χ1n) is 14.5. The van der Waals surface area contributed by atoms with E-state index in [1.807, 2.05) is 6.07 Å². The summed E-state index contributed by atoms with van der Waals surface area (Å²) in [6.45, 7) is 1.88. The van der Waals surface area contributed by atoms with E-state index in [2.05, 4.69) is 22.6 Å². The van der Waals surface area contributed by atoms with Crippen molar-refractivity contribution in [1.82, 2.24) is 19.7 Å². The first-order chi connectivity index (χ1) is 22.4. The van der Waals surface area contributed by atoms with Crippen LogP contribution in [0.1, 0.15) is 34.6 Å². The molecular weight excluding hydrogens is 643 g/mol. The average Bonchev–Trinajstić information content (AvgIpc) is 3.36. The Labute approximate surface area is 272 Å². The second kappa shape index (κ2) is 15.6. The number of anilines is 1. The first kappa shape index (κ1) is 37.2. The molecule has 1 unspecified atom stereocenters. The third kappa shape index (κ3) is 9.88. The molecule has 15 nitrogen and oxygen atoms in total. The highest BCUT2D eigenvalue weighted by Crippen LogP contribution is 2.26. The van der Waals surface area contributed by atoms with E-state index in [1.165, 1.54) is 30.9 Å². The Morgan fingerprint density at radius 3 is 2.35 bits per heavy atom. The molecule has 1 fully saturated rings. The molecule has 5 N–H and O–H groups in total. The van der Waals surface area contributed by atoms with E-state index in [9.17, 15) is 37.8 Å². The van der Waals surface area contributed by atoms with Gasteiger partial charge in [0.05, 0.1) is 32.8 Å². The van der Waals surface area contributed by atoms with E-state index in [0.717, 1.165) is 29.0 Å². The molecule has 0 radical (unpaired) electrons. The zero-order valence-corrected chi connectivity index (χ0v) is 26.3. The number of urea groups is 1. The molecule has 0 saturated carbocycles. The molecular formula is C30H36F3N7O8. The number of halogens is 3. The summed E-state index contributed by atoms with van der Waals surface area (Å²) in [6.07, 6.45) is -3.71. The molecule has 3 atom stereocenters. The van der Waals surface area contributed by atoms with Crippen LogP contribution < -0.4 is 16.2 Å². The quantitative estimate of drug-likeness (QED) is 0.195. The summed E-state index contributed by atoms with van der Waals surface area (Å²) in [5.74, 6) is -4.18. The van der Waals surface area contributed by atoms with Crippen LogP contribution in [-0.2, 0) is 34.3 Å². The van der Waals surface area contributed by atoms with Gasteiger partial charge in [0, 0.05) is 12.6 Å². The third-order valence-electron chi connectivity index (χ3n) is 7.59. The number of quaternary nitrogens is 1. The number of carboxylic acids is 1. The number of hydrogen-bond acceptors (Lipinski definition) is 11. The van der Waals surface area contributed by atoms with Crippen molar-refractivity contribution in [2.75, 3.05) is 32.6 Å². The van der Waals surface area contributed by atoms with Gasteiger partial charge in [-0.05, 0) is 49.1 Å². The molecule has 0 spiro atoms. The lowest BCUT2D eigenvalue weighted by Gasteiger charge is -2.44. The van der Waals surface area contributed by atoms with Crippen LogP contribution in [0.3, 0.4) is 0 Å². The van der Waals surface area contributed by atoms with Crippen LogP contribution >= 0.6 is 0 Å². The molecule has 1 saturated heterocycles. The largest absolute Gasteiger partial charge is 0.542 e. The van der Waals surface area contributed by atoms with Crippen LogP contribution in [-0.4, -0.2) is 104 Å². The summed E-state index contributed by atoms with van der Waals surface area (Å²) in [5.41, 5.74) is 8.03. The zero-order valence-electron chi connectivity index (χ0n) is 26.3. The van der Waals surface area contributed by atoms with Gasteiger partial charge in [-0.15, -0.1) is 10.2 Å². The summed E-state index contributed by atoms with van der Waals surface area (Å²) in [4.78, 5) is 49.5. The molecule has 18 heteroatoms. The number of amides is 3. The number of aliphatic carboxylic acids is 1. The first-order valence-corrected chi connectivity index (χ1v) is 14.5. The Morgan fingerprint density at radius 2 is 1.77 bits per heavy atom. The van der Waals surface area contributed by atoms with Crippen molar-refractivity contribution in [2.45, 2.75) is 44.1 Å². The van der Waals surface area contributed by atoms with Crippen LogP contribution in [0.2, 0.25) is 0 Å². The van der Waals surface area contributed by atoms with Crippen molar-refractivity contribution in [1.29, 1.82) is 0 Å².